The molecule has 1 amide bonds. The fourth-order valence-electron chi connectivity index (χ4n) is 3.94. The first-order chi connectivity index (χ1) is 12.6. The molecule has 5 nitrogen and oxygen atoms in total. The minimum absolute atomic E-state index is 0. The number of hydrogen-bond donors (Lipinski definition) is 2. The molecule has 0 unspecified atom stereocenters. The second kappa shape index (κ2) is 10.3. The zero-order valence-corrected chi connectivity index (χ0v) is 18.9. The van der Waals surface area contributed by atoms with Gasteiger partial charge < -0.3 is 15.5 Å². The Balaban J connectivity index is 0.00000261. The number of aliphatic imine (C=N–C) groups is 1. The van der Waals surface area contributed by atoms with E-state index in [9.17, 15) is 4.79 Å². The molecule has 150 valence electrons. The number of carbonyl (C=O) groups is 1. The summed E-state index contributed by atoms with van der Waals surface area (Å²) in [5.74, 6) is 1.11. The van der Waals surface area contributed by atoms with Crippen molar-refractivity contribution in [2.24, 2.45) is 10.4 Å². The number of carbonyl (C=O) groups excluding carboxylic acids is 1. The van der Waals surface area contributed by atoms with Crippen molar-refractivity contribution >= 4 is 41.5 Å². The first-order valence-corrected chi connectivity index (χ1v) is 10.1. The van der Waals surface area contributed by atoms with Gasteiger partial charge in [-0.3, -0.25) is 4.79 Å². The highest BCUT2D eigenvalue weighted by Gasteiger charge is 2.43. The van der Waals surface area contributed by atoms with Crippen LogP contribution in [0, 0.1) is 5.41 Å². The first kappa shape index (κ1) is 22.0. The highest BCUT2D eigenvalue weighted by Crippen LogP contribution is 2.47. The van der Waals surface area contributed by atoms with Gasteiger partial charge in [0.15, 0.2) is 5.96 Å². The van der Waals surface area contributed by atoms with E-state index < -0.39 is 0 Å². The summed E-state index contributed by atoms with van der Waals surface area (Å²) in [5.41, 5.74) is 2.59. The van der Waals surface area contributed by atoms with Gasteiger partial charge in [0.05, 0.1) is 6.54 Å². The summed E-state index contributed by atoms with van der Waals surface area (Å²) < 4.78 is 0. The lowest BCUT2D eigenvalue weighted by Crippen LogP contribution is -2.42. The van der Waals surface area contributed by atoms with Gasteiger partial charge in [-0.15, -0.1) is 24.0 Å². The fraction of sp³-hybridized carbons (Fsp3) is 0.619. The topological polar surface area (TPSA) is 56.7 Å². The minimum atomic E-state index is 0. The molecule has 0 aromatic heterocycles. The van der Waals surface area contributed by atoms with Gasteiger partial charge in [-0.05, 0) is 55.7 Å². The van der Waals surface area contributed by atoms with Crippen molar-refractivity contribution in [3.8, 4) is 0 Å². The van der Waals surface area contributed by atoms with Crippen molar-refractivity contribution in [3.05, 3.63) is 29.8 Å². The first-order valence-electron chi connectivity index (χ1n) is 10.1. The van der Waals surface area contributed by atoms with Crippen LogP contribution in [0.15, 0.2) is 29.3 Å². The molecule has 2 fully saturated rings. The Bertz CT molecular complexity index is 640. The van der Waals surface area contributed by atoms with Crippen LogP contribution in [0.2, 0.25) is 0 Å². The molecule has 1 saturated carbocycles. The van der Waals surface area contributed by atoms with E-state index in [4.69, 9.17) is 4.99 Å². The standard InChI is InChI=1S/C21H32N4O.HI/c1-3-6-19(26)24-18-9-7-17(8-10-18)15-23-20(22-4-2)25-14-13-21(16-25)11-5-12-21;/h7-10H,3-6,11-16H2,1-2H3,(H,22,23)(H,24,26);1H. The highest BCUT2D eigenvalue weighted by atomic mass is 127. The summed E-state index contributed by atoms with van der Waals surface area (Å²) in [5, 5.41) is 6.38. The Labute approximate surface area is 180 Å². The normalized spacial score (nSPS) is 18.0. The van der Waals surface area contributed by atoms with E-state index in [-0.39, 0.29) is 29.9 Å². The van der Waals surface area contributed by atoms with Crippen LogP contribution >= 0.6 is 24.0 Å². The third-order valence-corrected chi connectivity index (χ3v) is 5.61. The summed E-state index contributed by atoms with van der Waals surface area (Å²) in [6, 6.07) is 8.02. The number of amides is 1. The fourth-order valence-corrected chi connectivity index (χ4v) is 3.94. The van der Waals surface area contributed by atoms with Gasteiger partial charge in [-0.2, -0.15) is 0 Å². The van der Waals surface area contributed by atoms with E-state index >= 15 is 0 Å². The molecule has 3 rings (SSSR count). The molecule has 0 atom stereocenters. The number of anilines is 1. The summed E-state index contributed by atoms with van der Waals surface area (Å²) in [6.45, 7) is 7.96. The number of rotatable bonds is 6. The molecule has 1 aromatic carbocycles. The van der Waals surface area contributed by atoms with Crippen LogP contribution in [0.1, 0.15) is 57.9 Å². The van der Waals surface area contributed by atoms with Crippen molar-refractivity contribution < 1.29 is 4.79 Å². The Morgan fingerprint density at radius 1 is 1.19 bits per heavy atom. The summed E-state index contributed by atoms with van der Waals surface area (Å²) >= 11 is 0. The maximum Gasteiger partial charge on any atom is 0.224 e. The third kappa shape index (κ3) is 5.83. The lowest BCUT2D eigenvalue weighted by molar-refractivity contribution is -0.116. The quantitative estimate of drug-likeness (QED) is 0.358. The SMILES string of the molecule is CCCC(=O)Nc1ccc(CN=C(NCC)N2CCC3(CCC3)C2)cc1.I. The van der Waals surface area contributed by atoms with E-state index in [0.717, 1.165) is 43.3 Å². The number of guanidine groups is 1. The number of nitrogens with one attached hydrogen (secondary N) is 2. The van der Waals surface area contributed by atoms with Crippen molar-refractivity contribution in [2.75, 3.05) is 25.0 Å². The molecule has 1 aliphatic heterocycles. The monoisotopic (exact) mass is 484 g/mol. The van der Waals surface area contributed by atoms with Crippen LogP contribution < -0.4 is 10.6 Å². The van der Waals surface area contributed by atoms with Crippen molar-refractivity contribution in [2.45, 2.75) is 58.9 Å². The number of nitrogens with zero attached hydrogens (tertiary/aromatic N) is 2. The van der Waals surface area contributed by atoms with E-state index in [0.29, 0.717) is 18.4 Å². The predicted octanol–water partition coefficient (Wildman–Crippen LogP) is 4.38. The Morgan fingerprint density at radius 2 is 1.93 bits per heavy atom. The number of hydrogen-bond acceptors (Lipinski definition) is 2. The summed E-state index contributed by atoms with van der Waals surface area (Å²) in [7, 11) is 0. The Morgan fingerprint density at radius 3 is 2.48 bits per heavy atom. The molecule has 2 aliphatic rings. The smallest absolute Gasteiger partial charge is 0.224 e. The molecular formula is C21H33IN4O. The van der Waals surface area contributed by atoms with E-state index in [1.165, 1.54) is 25.7 Å². The molecule has 1 heterocycles. The zero-order valence-electron chi connectivity index (χ0n) is 16.6. The largest absolute Gasteiger partial charge is 0.357 e. The van der Waals surface area contributed by atoms with Crippen LogP contribution in [-0.4, -0.2) is 36.4 Å². The summed E-state index contributed by atoms with van der Waals surface area (Å²) in [6.07, 6.45) is 6.90. The zero-order chi connectivity index (χ0) is 18.4. The molecule has 27 heavy (non-hydrogen) atoms. The van der Waals surface area contributed by atoms with E-state index in [1.807, 2.05) is 31.2 Å². The molecule has 0 radical (unpaired) electrons. The van der Waals surface area contributed by atoms with E-state index in [1.54, 1.807) is 0 Å². The van der Waals surface area contributed by atoms with Crippen molar-refractivity contribution in [1.29, 1.82) is 0 Å². The van der Waals surface area contributed by atoms with Crippen molar-refractivity contribution in [1.82, 2.24) is 10.2 Å². The molecule has 1 aromatic rings. The molecule has 6 heteroatoms. The van der Waals surface area contributed by atoms with Crippen LogP contribution in [0.25, 0.3) is 0 Å². The van der Waals surface area contributed by atoms with Gasteiger partial charge >= 0.3 is 0 Å². The maximum absolute atomic E-state index is 11.7. The molecule has 0 bridgehead atoms. The van der Waals surface area contributed by atoms with Crippen LogP contribution in [0.3, 0.4) is 0 Å². The third-order valence-electron chi connectivity index (χ3n) is 5.61. The van der Waals surface area contributed by atoms with Crippen LogP contribution in [-0.2, 0) is 11.3 Å². The average Bonchev–Trinajstić information content (AvgIpc) is 3.06. The van der Waals surface area contributed by atoms with Crippen LogP contribution in [0.4, 0.5) is 5.69 Å². The average molecular weight is 484 g/mol. The van der Waals surface area contributed by atoms with Crippen LogP contribution in [0.5, 0.6) is 0 Å². The highest BCUT2D eigenvalue weighted by molar-refractivity contribution is 14.0. The molecule has 1 saturated heterocycles. The lowest BCUT2D eigenvalue weighted by atomic mass is 9.68. The Kier molecular flexibility index (Phi) is 8.38. The number of halogens is 1. The lowest BCUT2D eigenvalue weighted by Gasteiger charge is -2.38. The van der Waals surface area contributed by atoms with Gasteiger partial charge in [0, 0.05) is 31.7 Å². The molecule has 1 spiro atoms. The van der Waals surface area contributed by atoms with Crippen molar-refractivity contribution in [3.63, 3.8) is 0 Å². The molecular weight excluding hydrogens is 451 g/mol. The molecule has 1 aliphatic carbocycles. The Hall–Kier alpha value is -1.31. The minimum Gasteiger partial charge on any atom is -0.357 e. The predicted molar refractivity (Wildman–Crippen MR) is 123 cm³/mol. The second-order valence-corrected chi connectivity index (χ2v) is 7.69. The van der Waals surface area contributed by atoms with Gasteiger partial charge in [-0.25, -0.2) is 4.99 Å². The van der Waals surface area contributed by atoms with Gasteiger partial charge in [0.2, 0.25) is 5.91 Å². The van der Waals surface area contributed by atoms with E-state index in [2.05, 4.69) is 22.5 Å². The second-order valence-electron chi connectivity index (χ2n) is 7.69. The van der Waals surface area contributed by atoms with Gasteiger partial charge in [0.25, 0.3) is 0 Å². The summed E-state index contributed by atoms with van der Waals surface area (Å²) in [4.78, 5) is 19.0. The maximum atomic E-state index is 11.7. The van der Waals surface area contributed by atoms with Gasteiger partial charge in [-0.1, -0.05) is 25.5 Å². The molecule has 2 N–H and O–H groups in total. The van der Waals surface area contributed by atoms with Gasteiger partial charge in [0.1, 0.15) is 0 Å². The number of likely N-dealkylation sites (tertiary alicyclic amines) is 1. The number of benzene rings is 1.